The van der Waals surface area contributed by atoms with Crippen LogP contribution in [0.2, 0.25) is 0 Å². The van der Waals surface area contributed by atoms with Gasteiger partial charge < -0.3 is 44.6 Å². The van der Waals surface area contributed by atoms with Gasteiger partial charge in [0.15, 0.2) is 0 Å². The maximum absolute atomic E-state index is 12.2. The van der Waals surface area contributed by atoms with E-state index in [0.29, 0.717) is 69.9 Å². The van der Waals surface area contributed by atoms with Crippen LogP contribution in [0.5, 0.6) is 5.75 Å². The number of hydrogen-bond donors (Lipinski definition) is 5. The molecule has 0 spiro atoms. The van der Waals surface area contributed by atoms with E-state index in [2.05, 4.69) is 54.0 Å². The van der Waals surface area contributed by atoms with Gasteiger partial charge >= 0.3 is 0 Å². The molecule has 3 unspecified atom stereocenters. The number of quaternary nitrogens is 1. The van der Waals surface area contributed by atoms with Gasteiger partial charge in [-0.2, -0.15) is 0 Å². The lowest BCUT2D eigenvalue weighted by molar-refractivity contribution is -0.946. The Morgan fingerprint density at radius 1 is 0.943 bits per heavy atom. The van der Waals surface area contributed by atoms with Gasteiger partial charge in [-0.1, -0.05) is 80.4 Å². The summed E-state index contributed by atoms with van der Waals surface area (Å²) in [6.07, 6.45) is 6.76. The SMILES string of the molecule is CCC1CCC(C(O)(CO[C@H]2C[N+]3(CCOCc4ccc(COCCNC[C@H](O)c5ccc(O)c(NC=O)c5)cc4)CCC2CC3)c2ccccc2)C1. The number of benzene rings is 3. The Kier molecular flexibility index (Phi) is 14.0. The molecule has 1 amide bonds. The van der Waals surface area contributed by atoms with Crippen molar-refractivity contribution in [2.24, 2.45) is 17.8 Å². The molecule has 10 nitrogen and oxygen atoms in total. The highest BCUT2D eigenvalue weighted by Crippen LogP contribution is 2.45. The lowest BCUT2D eigenvalue weighted by Crippen LogP contribution is -2.65. The molecule has 3 saturated heterocycles. The summed E-state index contributed by atoms with van der Waals surface area (Å²) >= 11 is 0. The van der Waals surface area contributed by atoms with Gasteiger partial charge in [0.2, 0.25) is 6.41 Å². The molecule has 7 rings (SSSR count). The molecule has 53 heavy (non-hydrogen) atoms. The monoisotopic (exact) mass is 730 g/mol. The number of nitrogens with zero attached hydrogens (tertiary/aromatic N) is 1. The predicted octanol–water partition coefficient (Wildman–Crippen LogP) is 5.66. The van der Waals surface area contributed by atoms with Crippen molar-refractivity contribution in [3.05, 3.63) is 95.1 Å². The molecule has 4 aliphatic rings. The van der Waals surface area contributed by atoms with E-state index >= 15 is 0 Å². The topological polar surface area (TPSA) is 130 Å². The second-order valence-electron chi connectivity index (χ2n) is 15.6. The van der Waals surface area contributed by atoms with Crippen LogP contribution >= 0.6 is 0 Å². The molecule has 0 aromatic heterocycles. The van der Waals surface area contributed by atoms with Crippen molar-refractivity contribution in [1.82, 2.24) is 5.32 Å². The van der Waals surface area contributed by atoms with Crippen LogP contribution in [0.15, 0.2) is 72.8 Å². The van der Waals surface area contributed by atoms with E-state index in [1.165, 1.54) is 44.8 Å². The second kappa shape index (κ2) is 18.8. The number of carbonyl (C=O) groups is 1. The fourth-order valence-electron chi connectivity index (χ4n) is 8.81. The minimum atomic E-state index is -0.936. The number of piperidine rings is 3. The Labute approximate surface area is 315 Å². The highest BCUT2D eigenvalue weighted by atomic mass is 16.5. The number of ether oxygens (including phenoxy) is 3. The molecule has 1 saturated carbocycles. The number of hydrogen-bond acceptors (Lipinski definition) is 8. The number of nitrogens with one attached hydrogen (secondary N) is 2. The zero-order valence-corrected chi connectivity index (χ0v) is 31.3. The quantitative estimate of drug-likeness (QED) is 0.0412. The summed E-state index contributed by atoms with van der Waals surface area (Å²) in [6.45, 7) is 10.2. The zero-order valence-electron chi connectivity index (χ0n) is 31.3. The van der Waals surface area contributed by atoms with E-state index in [-0.39, 0.29) is 23.5 Å². The predicted molar refractivity (Wildman–Crippen MR) is 205 cm³/mol. The van der Waals surface area contributed by atoms with Crippen molar-refractivity contribution in [2.45, 2.75) is 76.5 Å². The number of aliphatic hydroxyl groups is 2. The molecule has 1 aliphatic carbocycles. The van der Waals surface area contributed by atoms with Crippen LogP contribution in [0.1, 0.15) is 73.8 Å². The number of phenols is 1. The number of fused-ring (bicyclic) bond motifs is 3. The van der Waals surface area contributed by atoms with E-state index in [4.69, 9.17) is 14.2 Å². The number of aliphatic hydroxyl groups excluding tert-OH is 1. The summed E-state index contributed by atoms with van der Waals surface area (Å²) in [4.78, 5) is 10.7. The first-order valence-electron chi connectivity index (χ1n) is 19.7. The molecule has 288 valence electrons. The van der Waals surface area contributed by atoms with Gasteiger partial charge in [0, 0.05) is 31.8 Å². The zero-order chi connectivity index (χ0) is 37.1. The van der Waals surface area contributed by atoms with Crippen LogP contribution in [-0.4, -0.2) is 91.4 Å². The molecule has 2 bridgehead atoms. The summed E-state index contributed by atoms with van der Waals surface area (Å²) in [5.41, 5.74) is 3.15. The molecule has 3 aromatic carbocycles. The molecule has 5 atom stereocenters. The molecule has 4 fully saturated rings. The van der Waals surface area contributed by atoms with Crippen molar-refractivity contribution < 1.29 is 38.8 Å². The third kappa shape index (κ3) is 10.2. The molecular formula is C43H60N3O7+. The Hall–Kier alpha value is -3.35. The molecule has 3 heterocycles. The van der Waals surface area contributed by atoms with Crippen LogP contribution < -0.4 is 10.6 Å². The summed E-state index contributed by atoms with van der Waals surface area (Å²) in [5, 5.41) is 38.1. The first-order valence-corrected chi connectivity index (χ1v) is 19.7. The summed E-state index contributed by atoms with van der Waals surface area (Å²) in [7, 11) is 0. The maximum atomic E-state index is 12.2. The van der Waals surface area contributed by atoms with E-state index in [0.717, 1.165) is 47.1 Å². The maximum Gasteiger partial charge on any atom is 0.211 e. The number of anilines is 1. The lowest BCUT2D eigenvalue weighted by atomic mass is 9.79. The standard InChI is InChI=1S/C43H59N3O7/c1-2-32-12-14-38(24-32)43(50,37-6-4-3-5-7-37)30-53-42-27-46(19-16-35(42)17-20-46)21-23-52-29-34-10-8-33(9-11-34)28-51-22-18-44-26-41(49)36-13-15-40(48)39(25-36)45-31-47/h3-11,13,15,25,31-32,35,38,41-42,44,49-50H,2,12,14,16-24,26-30H2,1H3,(H-,45,47,48)/p+1/t32?,35?,38?,41-,42-,43?,46?/m0/s1. The fourth-order valence-corrected chi connectivity index (χ4v) is 8.81. The minimum Gasteiger partial charge on any atom is -0.506 e. The third-order valence-corrected chi connectivity index (χ3v) is 12.3. The number of amides is 1. The van der Waals surface area contributed by atoms with E-state index in [1.54, 1.807) is 12.1 Å². The third-order valence-electron chi connectivity index (χ3n) is 12.3. The van der Waals surface area contributed by atoms with Gasteiger partial charge in [-0.25, -0.2) is 0 Å². The fraction of sp³-hybridized carbons (Fsp3) is 0.558. The van der Waals surface area contributed by atoms with E-state index in [1.807, 2.05) is 18.2 Å². The number of carbonyl (C=O) groups excluding carboxylic acids is 1. The van der Waals surface area contributed by atoms with Crippen LogP contribution in [0.4, 0.5) is 5.69 Å². The molecular weight excluding hydrogens is 670 g/mol. The lowest BCUT2D eigenvalue weighted by Gasteiger charge is -2.52. The van der Waals surface area contributed by atoms with Crippen molar-refractivity contribution in [1.29, 1.82) is 0 Å². The van der Waals surface area contributed by atoms with Gasteiger partial charge in [0.1, 0.15) is 30.5 Å². The summed E-state index contributed by atoms with van der Waals surface area (Å²) in [6, 6.07) is 23.2. The van der Waals surface area contributed by atoms with Crippen LogP contribution in [0, 0.1) is 17.8 Å². The van der Waals surface area contributed by atoms with Crippen molar-refractivity contribution >= 4 is 12.1 Å². The smallest absolute Gasteiger partial charge is 0.211 e. The Morgan fingerprint density at radius 3 is 2.34 bits per heavy atom. The van der Waals surface area contributed by atoms with Gasteiger partial charge in [-0.3, -0.25) is 4.79 Å². The average Bonchev–Trinajstić information content (AvgIpc) is 3.69. The van der Waals surface area contributed by atoms with E-state index in [9.17, 15) is 20.1 Å². The number of aromatic hydroxyl groups is 1. The van der Waals surface area contributed by atoms with Crippen molar-refractivity contribution in [3.8, 4) is 5.75 Å². The van der Waals surface area contributed by atoms with Crippen LogP contribution in [0.25, 0.3) is 0 Å². The van der Waals surface area contributed by atoms with Gasteiger partial charge in [0.25, 0.3) is 0 Å². The molecule has 5 N–H and O–H groups in total. The number of phenolic OH excluding ortho intramolecular Hbond substituents is 1. The normalized spacial score (nSPS) is 25.6. The van der Waals surface area contributed by atoms with Gasteiger partial charge in [-0.15, -0.1) is 0 Å². The summed E-state index contributed by atoms with van der Waals surface area (Å²) in [5.74, 6) is 1.47. The second-order valence-corrected chi connectivity index (χ2v) is 15.6. The molecule has 10 heteroatoms. The first kappa shape index (κ1) is 39.3. The van der Waals surface area contributed by atoms with Gasteiger partial charge in [0.05, 0.1) is 57.9 Å². The molecule has 3 aromatic rings. The van der Waals surface area contributed by atoms with Crippen LogP contribution in [0.3, 0.4) is 0 Å². The Bertz CT molecular complexity index is 1570. The average molecular weight is 731 g/mol. The van der Waals surface area contributed by atoms with E-state index < -0.39 is 11.7 Å². The minimum absolute atomic E-state index is 0.0507. The number of rotatable bonds is 21. The summed E-state index contributed by atoms with van der Waals surface area (Å²) < 4.78 is 19.9. The van der Waals surface area contributed by atoms with Gasteiger partial charge in [-0.05, 0) is 59.1 Å². The highest BCUT2D eigenvalue weighted by molar-refractivity contribution is 5.75. The highest BCUT2D eigenvalue weighted by Gasteiger charge is 2.48. The largest absolute Gasteiger partial charge is 0.506 e. The Balaban J connectivity index is 0.885. The Morgan fingerprint density at radius 2 is 1.66 bits per heavy atom. The molecule has 3 aliphatic heterocycles. The first-order chi connectivity index (χ1) is 25.8. The molecule has 0 radical (unpaired) electrons. The van der Waals surface area contributed by atoms with Crippen LogP contribution in [-0.2, 0) is 37.8 Å². The van der Waals surface area contributed by atoms with Crippen molar-refractivity contribution in [3.63, 3.8) is 0 Å². The van der Waals surface area contributed by atoms with Crippen molar-refractivity contribution in [2.75, 3.05) is 64.4 Å².